The Kier molecular flexibility index (Phi) is 5.85. The molecule has 0 radical (unpaired) electrons. The largest absolute Gasteiger partial charge is 0.378 e. The number of anilines is 2. The number of hydrogen-bond donors (Lipinski definition) is 2. The van der Waals surface area contributed by atoms with Gasteiger partial charge in [0.15, 0.2) is 0 Å². The van der Waals surface area contributed by atoms with Crippen molar-refractivity contribution in [3.8, 4) is 0 Å². The lowest BCUT2D eigenvalue weighted by atomic mass is 10.1. The molecule has 1 saturated heterocycles. The van der Waals surface area contributed by atoms with Gasteiger partial charge in [0.2, 0.25) is 5.91 Å². The third-order valence-corrected chi connectivity index (χ3v) is 3.72. The fourth-order valence-electron chi connectivity index (χ4n) is 2.30. The van der Waals surface area contributed by atoms with Crippen LogP contribution < -0.4 is 16.0 Å². The molecule has 6 heteroatoms. The molecule has 116 valence electrons. The number of carbonyl (C=O) groups is 1. The van der Waals surface area contributed by atoms with E-state index in [9.17, 15) is 4.79 Å². The van der Waals surface area contributed by atoms with Crippen LogP contribution in [0.5, 0.6) is 0 Å². The van der Waals surface area contributed by atoms with Crippen LogP contribution in [-0.2, 0) is 9.53 Å². The Bertz CT molecular complexity index is 488. The van der Waals surface area contributed by atoms with Gasteiger partial charge in [-0.2, -0.15) is 0 Å². The lowest BCUT2D eigenvalue weighted by molar-refractivity contribution is -0.116. The first-order valence-corrected chi connectivity index (χ1v) is 7.62. The van der Waals surface area contributed by atoms with Crippen LogP contribution in [-0.4, -0.2) is 38.3 Å². The Morgan fingerprint density at radius 2 is 2.19 bits per heavy atom. The molecule has 5 nitrogen and oxygen atoms in total. The second-order valence-corrected chi connectivity index (χ2v) is 5.71. The van der Waals surface area contributed by atoms with E-state index in [2.05, 4.69) is 10.2 Å². The quantitative estimate of drug-likeness (QED) is 0.875. The molecule has 1 fully saturated rings. The predicted octanol–water partition coefficient (Wildman–Crippen LogP) is 2.24. The van der Waals surface area contributed by atoms with Gasteiger partial charge in [-0.25, -0.2) is 0 Å². The summed E-state index contributed by atoms with van der Waals surface area (Å²) in [4.78, 5) is 14.2. The second kappa shape index (κ2) is 7.64. The van der Waals surface area contributed by atoms with Crippen LogP contribution in [0.2, 0.25) is 5.02 Å². The number of ether oxygens (including phenoxy) is 1. The highest BCUT2D eigenvalue weighted by molar-refractivity contribution is 6.34. The summed E-state index contributed by atoms with van der Waals surface area (Å²) in [5, 5.41) is 3.58. The van der Waals surface area contributed by atoms with Gasteiger partial charge >= 0.3 is 0 Å². The lowest BCUT2D eigenvalue weighted by Crippen LogP contribution is -2.37. The highest BCUT2D eigenvalue weighted by Crippen LogP contribution is 2.34. The van der Waals surface area contributed by atoms with Crippen molar-refractivity contribution in [2.24, 2.45) is 5.73 Å². The maximum atomic E-state index is 12.0. The molecule has 3 N–H and O–H groups in total. The number of halogens is 1. The van der Waals surface area contributed by atoms with E-state index in [4.69, 9.17) is 22.1 Å². The van der Waals surface area contributed by atoms with E-state index in [-0.39, 0.29) is 11.9 Å². The molecule has 1 heterocycles. The molecule has 0 saturated carbocycles. The van der Waals surface area contributed by atoms with E-state index in [0.717, 1.165) is 24.5 Å². The van der Waals surface area contributed by atoms with Gasteiger partial charge in [0, 0.05) is 25.6 Å². The first kappa shape index (κ1) is 16.1. The van der Waals surface area contributed by atoms with Crippen LogP contribution in [0, 0.1) is 0 Å². The Labute approximate surface area is 130 Å². The van der Waals surface area contributed by atoms with E-state index in [1.807, 2.05) is 25.1 Å². The third-order valence-electron chi connectivity index (χ3n) is 3.41. The number of carbonyl (C=O) groups excluding carboxylic acids is 1. The van der Waals surface area contributed by atoms with Crippen molar-refractivity contribution in [3.63, 3.8) is 0 Å². The molecule has 1 amide bonds. The summed E-state index contributed by atoms with van der Waals surface area (Å²) in [5.41, 5.74) is 7.30. The number of morpholine rings is 1. The number of para-hydroxylation sites is 1. The number of nitrogens with two attached hydrogens (primary N) is 1. The topological polar surface area (TPSA) is 67.6 Å². The fraction of sp³-hybridized carbons (Fsp3) is 0.533. The van der Waals surface area contributed by atoms with Gasteiger partial charge in [0.25, 0.3) is 0 Å². The van der Waals surface area contributed by atoms with Gasteiger partial charge < -0.3 is 20.7 Å². The molecule has 1 aromatic rings. The minimum atomic E-state index is -0.0379. The van der Waals surface area contributed by atoms with Gasteiger partial charge in [0.05, 0.1) is 29.6 Å². The molecule has 2 rings (SSSR count). The van der Waals surface area contributed by atoms with Crippen LogP contribution in [0.15, 0.2) is 18.2 Å². The number of rotatable bonds is 5. The van der Waals surface area contributed by atoms with Gasteiger partial charge in [-0.1, -0.05) is 17.7 Å². The fourth-order valence-corrected chi connectivity index (χ4v) is 2.59. The van der Waals surface area contributed by atoms with Gasteiger partial charge in [0.1, 0.15) is 0 Å². The molecular formula is C15H22ClN3O2. The molecule has 21 heavy (non-hydrogen) atoms. The van der Waals surface area contributed by atoms with Crippen LogP contribution in [0.4, 0.5) is 11.4 Å². The highest BCUT2D eigenvalue weighted by Gasteiger charge is 2.19. The zero-order valence-electron chi connectivity index (χ0n) is 12.3. The summed E-state index contributed by atoms with van der Waals surface area (Å²) in [5.74, 6) is -0.0379. The van der Waals surface area contributed by atoms with Crippen LogP contribution in [0.25, 0.3) is 0 Å². The summed E-state index contributed by atoms with van der Waals surface area (Å²) in [6, 6.07) is 5.58. The monoisotopic (exact) mass is 311 g/mol. The van der Waals surface area contributed by atoms with Crippen molar-refractivity contribution in [2.45, 2.75) is 25.8 Å². The normalized spacial score (nSPS) is 16.6. The van der Waals surface area contributed by atoms with Gasteiger partial charge in [-0.15, -0.1) is 0 Å². The number of benzene rings is 1. The number of hydrogen-bond acceptors (Lipinski definition) is 4. The molecule has 1 aliphatic rings. The molecule has 0 aliphatic carbocycles. The van der Waals surface area contributed by atoms with Crippen molar-refractivity contribution >= 4 is 28.9 Å². The minimum Gasteiger partial charge on any atom is -0.378 e. The SMILES string of the molecule is CC(N)CCC(=O)Nc1cccc(Cl)c1N1CCOCC1. The molecular weight excluding hydrogens is 290 g/mol. The Balaban J connectivity index is 2.11. The lowest BCUT2D eigenvalue weighted by Gasteiger charge is -2.31. The molecule has 0 spiro atoms. The summed E-state index contributed by atoms with van der Waals surface area (Å²) in [7, 11) is 0. The standard InChI is InChI=1S/C15H22ClN3O2/c1-11(17)5-6-14(20)18-13-4-2-3-12(16)15(13)19-7-9-21-10-8-19/h2-4,11H,5-10,17H2,1H3,(H,18,20). The molecule has 1 aliphatic heterocycles. The van der Waals surface area contributed by atoms with Crippen LogP contribution in [0.3, 0.4) is 0 Å². The van der Waals surface area contributed by atoms with Crippen molar-refractivity contribution in [1.29, 1.82) is 0 Å². The van der Waals surface area contributed by atoms with Gasteiger partial charge in [-0.3, -0.25) is 4.79 Å². The Morgan fingerprint density at radius 1 is 1.48 bits per heavy atom. The third kappa shape index (κ3) is 4.59. The minimum absolute atomic E-state index is 0.0221. The average Bonchev–Trinajstić information content (AvgIpc) is 2.46. The Morgan fingerprint density at radius 3 is 2.86 bits per heavy atom. The van der Waals surface area contributed by atoms with Crippen LogP contribution in [0.1, 0.15) is 19.8 Å². The number of nitrogens with one attached hydrogen (secondary N) is 1. The Hall–Kier alpha value is -1.30. The van der Waals surface area contributed by atoms with Gasteiger partial charge in [-0.05, 0) is 25.5 Å². The first-order chi connectivity index (χ1) is 10.1. The zero-order chi connectivity index (χ0) is 15.2. The smallest absolute Gasteiger partial charge is 0.224 e. The van der Waals surface area contributed by atoms with Crippen LogP contribution >= 0.6 is 11.6 Å². The summed E-state index contributed by atoms with van der Waals surface area (Å²) in [6.45, 7) is 4.78. The van der Waals surface area contributed by atoms with Crippen molar-refractivity contribution in [1.82, 2.24) is 0 Å². The van der Waals surface area contributed by atoms with E-state index in [1.54, 1.807) is 0 Å². The maximum Gasteiger partial charge on any atom is 0.224 e. The first-order valence-electron chi connectivity index (χ1n) is 7.24. The number of amides is 1. The second-order valence-electron chi connectivity index (χ2n) is 5.30. The zero-order valence-corrected chi connectivity index (χ0v) is 13.0. The summed E-state index contributed by atoms with van der Waals surface area (Å²) < 4.78 is 5.36. The maximum absolute atomic E-state index is 12.0. The van der Waals surface area contributed by atoms with Crippen molar-refractivity contribution in [2.75, 3.05) is 36.5 Å². The molecule has 1 unspecified atom stereocenters. The molecule has 0 aromatic heterocycles. The number of nitrogens with zero attached hydrogens (tertiary/aromatic N) is 1. The summed E-state index contributed by atoms with van der Waals surface area (Å²) >= 11 is 6.32. The van der Waals surface area contributed by atoms with Crippen molar-refractivity contribution < 1.29 is 9.53 Å². The summed E-state index contributed by atoms with van der Waals surface area (Å²) in [6.07, 6.45) is 1.08. The predicted molar refractivity (Wildman–Crippen MR) is 86.0 cm³/mol. The van der Waals surface area contributed by atoms with E-state index in [0.29, 0.717) is 31.1 Å². The molecule has 0 bridgehead atoms. The van der Waals surface area contributed by atoms with Crippen molar-refractivity contribution in [3.05, 3.63) is 23.2 Å². The van der Waals surface area contributed by atoms with E-state index < -0.39 is 0 Å². The average molecular weight is 312 g/mol. The van der Waals surface area contributed by atoms with E-state index in [1.165, 1.54) is 0 Å². The highest BCUT2D eigenvalue weighted by atomic mass is 35.5. The molecule has 1 atom stereocenters. The molecule has 1 aromatic carbocycles. The van der Waals surface area contributed by atoms with E-state index >= 15 is 0 Å².